The Balaban J connectivity index is 1.46. The zero-order valence-electron chi connectivity index (χ0n) is 18.1. The van der Waals surface area contributed by atoms with E-state index >= 15 is 0 Å². The van der Waals surface area contributed by atoms with Crippen LogP contribution in [0.3, 0.4) is 0 Å². The number of rotatable bonds is 6. The number of carbonyl (C=O) groups excluding carboxylic acids is 2. The standard InChI is InChI=1S/C24H26FN3O3S/c1-16-11-28(12-17(2)31-16)24(30)14-27-13-22(18-7-3-6-10-21(18)27)32-15-23(29)26-20-9-5-4-8-19(20)25/h3-10,13,16-17H,11-12,14-15H2,1-2H3,(H,26,29). The van der Waals surface area contributed by atoms with Crippen molar-refractivity contribution < 1.29 is 18.7 Å². The first-order valence-corrected chi connectivity index (χ1v) is 11.6. The summed E-state index contributed by atoms with van der Waals surface area (Å²) in [6.07, 6.45) is 1.95. The van der Waals surface area contributed by atoms with Crippen molar-refractivity contribution in [3.63, 3.8) is 0 Å². The maximum absolute atomic E-state index is 13.8. The molecule has 8 heteroatoms. The number of amides is 2. The van der Waals surface area contributed by atoms with Gasteiger partial charge in [0.1, 0.15) is 12.4 Å². The van der Waals surface area contributed by atoms with Gasteiger partial charge in [-0.15, -0.1) is 11.8 Å². The van der Waals surface area contributed by atoms with E-state index in [1.807, 2.05) is 53.8 Å². The molecule has 32 heavy (non-hydrogen) atoms. The lowest BCUT2D eigenvalue weighted by Gasteiger charge is -2.35. The second kappa shape index (κ2) is 9.75. The molecule has 2 aromatic carbocycles. The minimum absolute atomic E-state index is 0.0168. The fourth-order valence-corrected chi connectivity index (χ4v) is 4.87. The lowest BCUT2D eigenvalue weighted by Crippen LogP contribution is -2.49. The topological polar surface area (TPSA) is 63.6 Å². The van der Waals surface area contributed by atoms with E-state index in [-0.39, 0.29) is 42.0 Å². The van der Waals surface area contributed by atoms with E-state index in [1.54, 1.807) is 12.1 Å². The molecular formula is C24H26FN3O3S. The number of nitrogens with zero attached hydrogens (tertiary/aromatic N) is 2. The number of morpholine rings is 1. The van der Waals surface area contributed by atoms with E-state index in [1.165, 1.54) is 23.9 Å². The van der Waals surface area contributed by atoms with Gasteiger partial charge in [-0.3, -0.25) is 9.59 Å². The molecule has 2 amide bonds. The number of hydrogen-bond donors (Lipinski definition) is 1. The highest BCUT2D eigenvalue weighted by molar-refractivity contribution is 8.00. The Labute approximate surface area is 190 Å². The zero-order chi connectivity index (χ0) is 22.7. The number of thioether (sulfide) groups is 1. The second-order valence-electron chi connectivity index (χ2n) is 8.01. The first-order chi connectivity index (χ1) is 15.4. The number of benzene rings is 2. The molecule has 0 bridgehead atoms. The number of anilines is 1. The number of para-hydroxylation sites is 2. The molecule has 4 rings (SSSR count). The molecule has 1 aliphatic rings. The molecule has 1 fully saturated rings. The lowest BCUT2D eigenvalue weighted by molar-refractivity contribution is -0.143. The molecular weight excluding hydrogens is 429 g/mol. The van der Waals surface area contributed by atoms with Crippen LogP contribution < -0.4 is 5.32 Å². The van der Waals surface area contributed by atoms with Gasteiger partial charge in [-0.05, 0) is 32.0 Å². The summed E-state index contributed by atoms with van der Waals surface area (Å²) in [5.41, 5.74) is 1.10. The van der Waals surface area contributed by atoms with Crippen molar-refractivity contribution in [2.75, 3.05) is 24.2 Å². The molecule has 0 spiro atoms. The van der Waals surface area contributed by atoms with Crippen LogP contribution in [0.1, 0.15) is 13.8 Å². The summed E-state index contributed by atoms with van der Waals surface area (Å²) in [5, 5.41) is 3.58. The van der Waals surface area contributed by atoms with Crippen molar-refractivity contribution in [2.24, 2.45) is 0 Å². The van der Waals surface area contributed by atoms with Gasteiger partial charge in [-0.1, -0.05) is 30.3 Å². The fourth-order valence-electron chi connectivity index (χ4n) is 3.98. The molecule has 1 aliphatic heterocycles. The first kappa shape index (κ1) is 22.4. The number of halogens is 1. The third-order valence-corrected chi connectivity index (χ3v) is 6.38. The minimum Gasteiger partial charge on any atom is -0.372 e. The number of aromatic nitrogens is 1. The molecule has 2 atom stereocenters. The predicted molar refractivity (Wildman–Crippen MR) is 124 cm³/mol. The van der Waals surface area contributed by atoms with E-state index in [9.17, 15) is 14.0 Å². The Hall–Kier alpha value is -2.84. The molecule has 6 nitrogen and oxygen atoms in total. The van der Waals surface area contributed by atoms with Crippen LogP contribution in [0.4, 0.5) is 10.1 Å². The number of hydrogen-bond acceptors (Lipinski definition) is 4. The molecule has 1 aromatic heterocycles. The van der Waals surface area contributed by atoms with Crippen molar-refractivity contribution in [1.29, 1.82) is 0 Å². The van der Waals surface area contributed by atoms with Gasteiger partial charge in [0.25, 0.3) is 0 Å². The predicted octanol–water partition coefficient (Wildman–Crippen LogP) is 4.15. The normalized spacial score (nSPS) is 18.7. The zero-order valence-corrected chi connectivity index (χ0v) is 18.9. The highest BCUT2D eigenvalue weighted by Crippen LogP contribution is 2.30. The van der Waals surface area contributed by atoms with Crippen molar-refractivity contribution in [3.8, 4) is 0 Å². The molecule has 1 N–H and O–H groups in total. The van der Waals surface area contributed by atoms with Crippen LogP contribution in [0.2, 0.25) is 0 Å². The Morgan fingerprint density at radius 2 is 1.78 bits per heavy atom. The van der Waals surface area contributed by atoms with Gasteiger partial charge in [-0.25, -0.2) is 4.39 Å². The van der Waals surface area contributed by atoms with Gasteiger partial charge in [-0.2, -0.15) is 0 Å². The average Bonchev–Trinajstić information content (AvgIpc) is 3.11. The molecule has 2 heterocycles. The van der Waals surface area contributed by atoms with Crippen LogP contribution in [0.25, 0.3) is 10.9 Å². The summed E-state index contributed by atoms with van der Waals surface area (Å²) < 4.78 is 21.4. The molecule has 0 aliphatic carbocycles. The highest BCUT2D eigenvalue weighted by Gasteiger charge is 2.26. The van der Waals surface area contributed by atoms with Crippen LogP contribution >= 0.6 is 11.8 Å². The largest absolute Gasteiger partial charge is 0.372 e. The van der Waals surface area contributed by atoms with Gasteiger partial charge in [0.05, 0.1) is 23.6 Å². The Bertz CT molecular complexity index is 1120. The number of nitrogens with one attached hydrogen (secondary N) is 1. The van der Waals surface area contributed by atoms with Gasteiger partial charge in [0.15, 0.2) is 0 Å². The Morgan fingerprint density at radius 3 is 2.53 bits per heavy atom. The van der Waals surface area contributed by atoms with E-state index in [4.69, 9.17) is 4.74 Å². The summed E-state index contributed by atoms with van der Waals surface area (Å²) in [6.45, 7) is 5.34. The first-order valence-electron chi connectivity index (χ1n) is 10.6. The summed E-state index contributed by atoms with van der Waals surface area (Å²) in [6, 6.07) is 13.9. The van der Waals surface area contributed by atoms with Crippen molar-refractivity contribution >= 4 is 40.2 Å². The number of carbonyl (C=O) groups is 2. The summed E-state index contributed by atoms with van der Waals surface area (Å²) >= 11 is 1.37. The molecule has 0 saturated carbocycles. The molecule has 168 valence electrons. The van der Waals surface area contributed by atoms with Gasteiger partial charge in [0.2, 0.25) is 11.8 Å². The van der Waals surface area contributed by atoms with Gasteiger partial charge >= 0.3 is 0 Å². The van der Waals surface area contributed by atoms with Crippen molar-refractivity contribution in [3.05, 3.63) is 60.5 Å². The third-order valence-electron chi connectivity index (χ3n) is 5.34. The SMILES string of the molecule is CC1CN(C(=O)Cn2cc(SCC(=O)Nc3ccccc3F)c3ccccc32)CC(C)O1. The van der Waals surface area contributed by atoms with E-state index in [0.717, 1.165) is 15.8 Å². The third kappa shape index (κ3) is 5.14. The summed E-state index contributed by atoms with van der Waals surface area (Å²) in [5.74, 6) is -0.576. The van der Waals surface area contributed by atoms with Crippen LogP contribution in [0, 0.1) is 5.82 Å². The van der Waals surface area contributed by atoms with Crippen LogP contribution in [0.5, 0.6) is 0 Å². The van der Waals surface area contributed by atoms with Crippen LogP contribution in [-0.4, -0.2) is 52.3 Å². The summed E-state index contributed by atoms with van der Waals surface area (Å²) in [4.78, 5) is 28.1. The highest BCUT2D eigenvalue weighted by atomic mass is 32.2. The molecule has 3 aromatic rings. The maximum Gasteiger partial charge on any atom is 0.242 e. The average molecular weight is 456 g/mol. The van der Waals surface area contributed by atoms with Gasteiger partial charge in [0, 0.05) is 35.1 Å². The molecule has 1 saturated heterocycles. The van der Waals surface area contributed by atoms with Crippen molar-refractivity contribution in [2.45, 2.75) is 37.5 Å². The van der Waals surface area contributed by atoms with E-state index in [2.05, 4.69) is 5.32 Å². The maximum atomic E-state index is 13.8. The van der Waals surface area contributed by atoms with Crippen LogP contribution in [0.15, 0.2) is 59.6 Å². The summed E-state index contributed by atoms with van der Waals surface area (Å²) in [7, 11) is 0. The quantitative estimate of drug-likeness (QED) is 0.568. The minimum atomic E-state index is -0.465. The molecule has 0 radical (unpaired) electrons. The monoisotopic (exact) mass is 455 g/mol. The fraction of sp³-hybridized carbons (Fsp3) is 0.333. The Kier molecular flexibility index (Phi) is 6.81. The Morgan fingerprint density at radius 1 is 1.09 bits per heavy atom. The van der Waals surface area contributed by atoms with Gasteiger partial charge < -0.3 is 19.5 Å². The van der Waals surface area contributed by atoms with E-state index < -0.39 is 5.82 Å². The van der Waals surface area contributed by atoms with Crippen LogP contribution in [-0.2, 0) is 20.9 Å². The lowest BCUT2D eigenvalue weighted by atomic mass is 10.2. The second-order valence-corrected chi connectivity index (χ2v) is 9.03. The molecule has 2 unspecified atom stereocenters. The smallest absolute Gasteiger partial charge is 0.242 e. The van der Waals surface area contributed by atoms with Crippen molar-refractivity contribution in [1.82, 2.24) is 9.47 Å². The number of fused-ring (bicyclic) bond motifs is 1. The van der Waals surface area contributed by atoms with E-state index in [0.29, 0.717) is 13.1 Å². The number of ether oxygens (including phenoxy) is 1.